The molecule has 12 heavy (non-hydrogen) atoms. The van der Waals surface area contributed by atoms with Crippen molar-refractivity contribution in [3.05, 3.63) is 36.2 Å². The van der Waals surface area contributed by atoms with E-state index in [9.17, 15) is 0 Å². The summed E-state index contributed by atoms with van der Waals surface area (Å²) in [6, 6.07) is 1.51. The molecule has 0 spiro atoms. The minimum Gasteiger partial charge on any atom is -0.394 e. The highest BCUT2D eigenvalue weighted by molar-refractivity contribution is 5.46. The quantitative estimate of drug-likeness (QED) is 0.692. The number of nitrogens with zero attached hydrogens (tertiary/aromatic N) is 1. The minimum atomic E-state index is -0.350. The Kier molecular flexibility index (Phi) is 2.96. The molecule has 3 N–H and O–H groups in total. The van der Waals surface area contributed by atoms with Gasteiger partial charge < -0.3 is 10.8 Å². The summed E-state index contributed by atoms with van der Waals surface area (Å²) >= 11 is 0. The van der Waals surface area contributed by atoms with Gasteiger partial charge in [0.05, 0.1) is 12.6 Å². The molecule has 0 fully saturated rings. The molecule has 64 valence electrons. The van der Waals surface area contributed by atoms with Crippen LogP contribution in [0.4, 0.5) is 0 Å². The first-order chi connectivity index (χ1) is 5.77. The van der Waals surface area contributed by atoms with E-state index in [-0.39, 0.29) is 12.6 Å². The van der Waals surface area contributed by atoms with Gasteiger partial charge in [-0.1, -0.05) is 12.7 Å². The van der Waals surface area contributed by atoms with Crippen molar-refractivity contribution in [1.82, 2.24) is 4.98 Å². The Morgan fingerprint density at radius 2 is 2.42 bits per heavy atom. The number of hydrogen-bond donors (Lipinski definition) is 2. The van der Waals surface area contributed by atoms with Crippen molar-refractivity contribution in [3.8, 4) is 0 Å². The fourth-order valence-corrected chi connectivity index (χ4v) is 0.896. The molecular formula is C9H12N2O. The summed E-state index contributed by atoms with van der Waals surface area (Å²) in [5.41, 5.74) is 7.34. The third-order valence-electron chi connectivity index (χ3n) is 1.64. The molecule has 1 heterocycles. The number of aliphatic hydroxyl groups excluding tert-OH is 1. The smallest absolute Gasteiger partial charge is 0.0624 e. The van der Waals surface area contributed by atoms with E-state index in [0.29, 0.717) is 0 Å². The van der Waals surface area contributed by atoms with Gasteiger partial charge in [0.25, 0.3) is 0 Å². The number of aliphatic hydroxyl groups is 1. The summed E-state index contributed by atoms with van der Waals surface area (Å²) in [6.45, 7) is 3.55. The Bertz CT molecular complexity index is 273. The van der Waals surface area contributed by atoms with Crippen molar-refractivity contribution in [1.29, 1.82) is 0 Å². The van der Waals surface area contributed by atoms with Gasteiger partial charge in [0.1, 0.15) is 0 Å². The van der Waals surface area contributed by atoms with E-state index >= 15 is 0 Å². The Hall–Kier alpha value is -1.19. The molecule has 1 atom stereocenters. The van der Waals surface area contributed by atoms with Gasteiger partial charge in [0.15, 0.2) is 0 Å². The van der Waals surface area contributed by atoms with Crippen LogP contribution in [0.25, 0.3) is 6.08 Å². The molecule has 1 aromatic heterocycles. The zero-order valence-electron chi connectivity index (χ0n) is 6.77. The first kappa shape index (κ1) is 8.90. The number of rotatable bonds is 3. The molecule has 0 unspecified atom stereocenters. The summed E-state index contributed by atoms with van der Waals surface area (Å²) in [7, 11) is 0. The normalized spacial score (nSPS) is 12.5. The molecular weight excluding hydrogens is 152 g/mol. The van der Waals surface area contributed by atoms with Crippen molar-refractivity contribution in [2.24, 2.45) is 5.73 Å². The molecule has 0 aliphatic rings. The third kappa shape index (κ3) is 1.90. The van der Waals surface area contributed by atoms with Crippen molar-refractivity contribution < 1.29 is 5.11 Å². The van der Waals surface area contributed by atoms with E-state index in [4.69, 9.17) is 10.8 Å². The lowest BCUT2D eigenvalue weighted by molar-refractivity contribution is 0.268. The molecule has 0 saturated heterocycles. The first-order valence-corrected chi connectivity index (χ1v) is 3.71. The summed E-state index contributed by atoms with van der Waals surface area (Å²) in [5, 5.41) is 8.77. The van der Waals surface area contributed by atoms with Crippen LogP contribution in [0, 0.1) is 0 Å². The van der Waals surface area contributed by atoms with E-state index in [2.05, 4.69) is 11.6 Å². The zero-order valence-corrected chi connectivity index (χ0v) is 6.77. The van der Waals surface area contributed by atoms with Crippen LogP contribution < -0.4 is 5.73 Å². The van der Waals surface area contributed by atoms with Crippen molar-refractivity contribution in [2.45, 2.75) is 6.04 Å². The van der Waals surface area contributed by atoms with Crippen LogP contribution in [0.1, 0.15) is 17.2 Å². The Balaban J connectivity index is 2.93. The highest BCUT2D eigenvalue weighted by atomic mass is 16.3. The standard InChI is InChI=1S/C9H12N2O/c1-2-7-3-8(5-11-4-7)9(10)6-12/h2-5,9,12H,1,6,10H2/t9-/m1/s1. The van der Waals surface area contributed by atoms with Crippen LogP contribution in [0.3, 0.4) is 0 Å². The van der Waals surface area contributed by atoms with Gasteiger partial charge in [-0.3, -0.25) is 4.98 Å². The van der Waals surface area contributed by atoms with E-state index in [0.717, 1.165) is 11.1 Å². The lowest BCUT2D eigenvalue weighted by Gasteiger charge is -2.07. The molecule has 1 aromatic rings. The average Bonchev–Trinajstić information content (AvgIpc) is 2.17. The molecule has 0 saturated carbocycles. The van der Waals surface area contributed by atoms with Gasteiger partial charge >= 0.3 is 0 Å². The fourth-order valence-electron chi connectivity index (χ4n) is 0.896. The summed E-state index contributed by atoms with van der Waals surface area (Å²) in [5.74, 6) is 0. The van der Waals surface area contributed by atoms with Gasteiger partial charge in [0.2, 0.25) is 0 Å². The average molecular weight is 164 g/mol. The second-order valence-corrected chi connectivity index (χ2v) is 2.54. The Morgan fingerprint density at radius 3 is 3.00 bits per heavy atom. The van der Waals surface area contributed by atoms with Crippen molar-refractivity contribution in [3.63, 3.8) is 0 Å². The van der Waals surface area contributed by atoms with Crippen LogP contribution in [-0.2, 0) is 0 Å². The number of hydrogen-bond acceptors (Lipinski definition) is 3. The molecule has 0 radical (unpaired) electrons. The molecule has 0 aliphatic heterocycles. The van der Waals surface area contributed by atoms with Gasteiger partial charge in [-0.05, 0) is 17.2 Å². The van der Waals surface area contributed by atoms with Crippen molar-refractivity contribution in [2.75, 3.05) is 6.61 Å². The highest BCUT2D eigenvalue weighted by Crippen LogP contribution is 2.10. The SMILES string of the molecule is C=Cc1cncc([C@H](N)CO)c1. The maximum Gasteiger partial charge on any atom is 0.0624 e. The minimum absolute atomic E-state index is 0.0672. The predicted molar refractivity (Wildman–Crippen MR) is 48.3 cm³/mol. The number of aromatic nitrogens is 1. The van der Waals surface area contributed by atoms with E-state index in [1.54, 1.807) is 18.5 Å². The van der Waals surface area contributed by atoms with Crippen LogP contribution in [-0.4, -0.2) is 16.7 Å². The lowest BCUT2D eigenvalue weighted by atomic mass is 10.1. The van der Waals surface area contributed by atoms with Gasteiger partial charge in [-0.2, -0.15) is 0 Å². The Labute approximate surface area is 71.6 Å². The molecule has 0 aliphatic carbocycles. The first-order valence-electron chi connectivity index (χ1n) is 3.71. The largest absolute Gasteiger partial charge is 0.394 e. The van der Waals surface area contributed by atoms with Gasteiger partial charge in [-0.15, -0.1) is 0 Å². The summed E-state index contributed by atoms with van der Waals surface area (Å²) < 4.78 is 0. The highest BCUT2D eigenvalue weighted by Gasteiger charge is 2.03. The molecule has 0 aromatic carbocycles. The van der Waals surface area contributed by atoms with Gasteiger partial charge in [-0.25, -0.2) is 0 Å². The van der Waals surface area contributed by atoms with Crippen LogP contribution >= 0.6 is 0 Å². The summed E-state index contributed by atoms with van der Waals surface area (Å²) in [6.07, 6.45) is 5.04. The maximum atomic E-state index is 8.77. The third-order valence-corrected chi connectivity index (χ3v) is 1.64. The molecule has 1 rings (SSSR count). The lowest BCUT2D eigenvalue weighted by Crippen LogP contribution is -2.14. The number of nitrogens with two attached hydrogens (primary N) is 1. The van der Waals surface area contributed by atoms with Crippen LogP contribution in [0.2, 0.25) is 0 Å². The van der Waals surface area contributed by atoms with Crippen LogP contribution in [0.5, 0.6) is 0 Å². The number of pyridine rings is 1. The van der Waals surface area contributed by atoms with Crippen molar-refractivity contribution >= 4 is 6.08 Å². The zero-order chi connectivity index (χ0) is 8.97. The monoisotopic (exact) mass is 164 g/mol. The van der Waals surface area contributed by atoms with Gasteiger partial charge in [0, 0.05) is 12.4 Å². The molecule has 0 bridgehead atoms. The molecule has 0 amide bonds. The molecule has 3 nitrogen and oxygen atoms in total. The topological polar surface area (TPSA) is 59.1 Å². The second-order valence-electron chi connectivity index (χ2n) is 2.54. The maximum absolute atomic E-state index is 8.77. The fraction of sp³-hybridized carbons (Fsp3) is 0.222. The Morgan fingerprint density at radius 1 is 1.67 bits per heavy atom. The summed E-state index contributed by atoms with van der Waals surface area (Å²) in [4.78, 5) is 3.96. The van der Waals surface area contributed by atoms with E-state index < -0.39 is 0 Å². The molecule has 3 heteroatoms. The predicted octanol–water partition coefficient (Wildman–Crippen LogP) is 0.717. The van der Waals surface area contributed by atoms with E-state index in [1.807, 2.05) is 6.07 Å². The van der Waals surface area contributed by atoms with Crippen LogP contribution in [0.15, 0.2) is 25.0 Å². The van der Waals surface area contributed by atoms with E-state index in [1.165, 1.54) is 0 Å². The second kappa shape index (κ2) is 3.99.